The van der Waals surface area contributed by atoms with Gasteiger partial charge in [0, 0.05) is 0 Å². The minimum atomic E-state index is -0.250. The predicted molar refractivity (Wildman–Crippen MR) is 82.8 cm³/mol. The molecule has 2 rings (SSSR count). The Balaban J connectivity index is 0. The Morgan fingerprint density at radius 3 is 1.57 bits per heavy atom. The van der Waals surface area contributed by atoms with E-state index in [2.05, 4.69) is 0 Å². The molecule has 0 N–H and O–H groups in total. The summed E-state index contributed by atoms with van der Waals surface area (Å²) in [6.07, 6.45) is 0. The van der Waals surface area contributed by atoms with Gasteiger partial charge in [0.05, 0.1) is 32.6 Å². The number of halogens is 2. The van der Waals surface area contributed by atoms with Crippen LogP contribution in [0.3, 0.4) is 0 Å². The molecule has 0 aliphatic carbocycles. The molecule has 0 spiro atoms. The van der Waals surface area contributed by atoms with Gasteiger partial charge in [-0.2, -0.15) is 5.26 Å². The number of nitriles is 1. The Morgan fingerprint density at radius 1 is 0.952 bits per heavy atom. The van der Waals surface area contributed by atoms with Crippen molar-refractivity contribution in [1.82, 2.24) is 0 Å². The molecule has 0 bridgehead atoms. The van der Waals surface area contributed by atoms with E-state index in [0.717, 1.165) is 5.75 Å². The first-order chi connectivity index (χ1) is 10.3. The van der Waals surface area contributed by atoms with Crippen molar-refractivity contribution in [1.29, 1.82) is 5.26 Å². The van der Waals surface area contributed by atoms with Gasteiger partial charge in [0.15, 0.2) is 0 Å². The highest BCUT2D eigenvalue weighted by molar-refractivity contribution is 5.27. The zero-order valence-corrected chi connectivity index (χ0v) is 12.6. The van der Waals surface area contributed by atoms with E-state index >= 15 is 0 Å². The molecule has 0 amide bonds. The summed E-state index contributed by atoms with van der Waals surface area (Å²) in [4.78, 5) is 0. The van der Waals surface area contributed by atoms with E-state index in [-0.39, 0.29) is 6.67 Å². The normalized spacial score (nSPS) is 7.43. The summed E-state index contributed by atoms with van der Waals surface area (Å²) in [5.41, 5.74) is 0.715. The summed E-state index contributed by atoms with van der Waals surface area (Å²) >= 11 is 0. The second-order valence-corrected chi connectivity index (χ2v) is 3.26. The van der Waals surface area contributed by atoms with E-state index in [4.69, 9.17) is 10.00 Å². The van der Waals surface area contributed by atoms with Crippen LogP contribution in [-0.4, -0.2) is 21.0 Å². The lowest BCUT2D eigenvalue weighted by molar-refractivity contribution is 0.415. The van der Waals surface area contributed by atoms with Gasteiger partial charge in [-0.05, 0) is 31.2 Å². The highest BCUT2D eigenvalue weighted by Gasteiger charge is 1.80. The van der Waals surface area contributed by atoms with Crippen LogP contribution in [-0.2, 0) is 0 Å². The molecule has 4 heteroatoms. The predicted octanol–water partition coefficient (Wildman–Crippen LogP) is 4.81. The number of rotatable bonds is 1. The Morgan fingerprint density at radius 2 is 1.33 bits per heavy atom. The summed E-state index contributed by atoms with van der Waals surface area (Å²) < 4.78 is 24.7. The van der Waals surface area contributed by atoms with Crippen molar-refractivity contribution in [3.63, 3.8) is 0 Å². The van der Waals surface area contributed by atoms with E-state index in [0.29, 0.717) is 12.7 Å². The SMILES string of the molecule is CCF.CF.COc1ccccc1.N#Cc1ccccc1. The highest BCUT2D eigenvalue weighted by Crippen LogP contribution is 2.05. The Labute approximate surface area is 125 Å². The number of ether oxygens (including phenoxy) is 1. The van der Waals surface area contributed by atoms with Crippen LogP contribution in [0.25, 0.3) is 0 Å². The van der Waals surface area contributed by atoms with Crippen molar-refractivity contribution in [2.45, 2.75) is 6.92 Å². The van der Waals surface area contributed by atoms with Crippen molar-refractivity contribution in [2.24, 2.45) is 0 Å². The van der Waals surface area contributed by atoms with Crippen molar-refractivity contribution < 1.29 is 13.5 Å². The molecular weight excluding hydrogens is 272 g/mol. The molecule has 0 atom stereocenters. The monoisotopic (exact) mass is 293 g/mol. The number of benzene rings is 2. The molecule has 0 aromatic heterocycles. The van der Waals surface area contributed by atoms with E-state index in [1.807, 2.05) is 54.6 Å². The first-order valence-corrected chi connectivity index (χ1v) is 6.26. The molecule has 21 heavy (non-hydrogen) atoms. The van der Waals surface area contributed by atoms with Crippen LogP contribution in [0, 0.1) is 11.3 Å². The largest absolute Gasteiger partial charge is 0.497 e. The van der Waals surface area contributed by atoms with Crippen LogP contribution in [0.5, 0.6) is 5.75 Å². The van der Waals surface area contributed by atoms with Crippen LogP contribution in [0.15, 0.2) is 60.7 Å². The molecule has 114 valence electrons. The highest BCUT2D eigenvalue weighted by atomic mass is 19.1. The van der Waals surface area contributed by atoms with Crippen LogP contribution in [0.4, 0.5) is 8.78 Å². The lowest BCUT2D eigenvalue weighted by atomic mass is 10.2. The lowest BCUT2D eigenvalue weighted by Crippen LogP contribution is -1.78. The maximum atomic E-state index is 10.3. The summed E-state index contributed by atoms with van der Waals surface area (Å²) in [6.45, 7) is 1.21. The van der Waals surface area contributed by atoms with E-state index in [1.165, 1.54) is 6.92 Å². The quantitative estimate of drug-likeness (QED) is 0.755. The molecule has 0 aliphatic rings. The molecule has 2 aromatic rings. The second-order valence-electron chi connectivity index (χ2n) is 3.26. The lowest BCUT2D eigenvalue weighted by Gasteiger charge is -1.93. The van der Waals surface area contributed by atoms with Crippen molar-refractivity contribution in [3.05, 3.63) is 66.2 Å². The molecule has 0 saturated carbocycles. The molecule has 2 nitrogen and oxygen atoms in total. The van der Waals surface area contributed by atoms with Crippen molar-refractivity contribution >= 4 is 0 Å². The van der Waals surface area contributed by atoms with Crippen LogP contribution in [0.2, 0.25) is 0 Å². The van der Waals surface area contributed by atoms with Crippen LogP contribution < -0.4 is 4.74 Å². The number of hydrogen-bond donors (Lipinski definition) is 0. The molecule has 2 aromatic carbocycles. The average Bonchev–Trinajstić information content (AvgIpc) is 2.59. The Kier molecular flexibility index (Phi) is 17.5. The summed E-state index contributed by atoms with van der Waals surface area (Å²) in [6, 6.07) is 20.8. The topological polar surface area (TPSA) is 33.0 Å². The first-order valence-electron chi connectivity index (χ1n) is 6.26. The van der Waals surface area contributed by atoms with E-state index in [9.17, 15) is 8.78 Å². The minimum Gasteiger partial charge on any atom is -0.497 e. The second kappa shape index (κ2) is 17.6. The number of hydrogen-bond acceptors (Lipinski definition) is 2. The number of para-hydroxylation sites is 1. The van der Waals surface area contributed by atoms with Crippen LogP contribution in [0.1, 0.15) is 12.5 Å². The third-order valence-corrected chi connectivity index (χ3v) is 1.88. The zero-order valence-electron chi connectivity index (χ0n) is 12.6. The van der Waals surface area contributed by atoms with Crippen LogP contribution >= 0.6 is 0 Å². The van der Waals surface area contributed by atoms with Gasteiger partial charge in [0.25, 0.3) is 0 Å². The summed E-state index contributed by atoms with van der Waals surface area (Å²) in [5, 5.41) is 8.29. The summed E-state index contributed by atoms with van der Waals surface area (Å²) in [7, 11) is 2.16. The molecule has 0 aliphatic heterocycles. The Hall–Kier alpha value is -2.41. The van der Waals surface area contributed by atoms with Crippen molar-refractivity contribution in [3.8, 4) is 11.8 Å². The fourth-order valence-corrected chi connectivity index (χ4v) is 1.07. The molecule has 0 unspecified atom stereocenters. The molecular formula is C17H21F2NO. The van der Waals surface area contributed by atoms with Crippen molar-refractivity contribution in [2.75, 3.05) is 21.0 Å². The van der Waals surface area contributed by atoms with Gasteiger partial charge >= 0.3 is 0 Å². The fraction of sp³-hybridized carbons (Fsp3) is 0.235. The average molecular weight is 293 g/mol. The Bertz CT molecular complexity index is 455. The van der Waals surface area contributed by atoms with Gasteiger partial charge in [-0.15, -0.1) is 0 Å². The number of nitrogens with zero attached hydrogens (tertiary/aromatic N) is 1. The van der Waals surface area contributed by atoms with E-state index < -0.39 is 0 Å². The van der Waals surface area contributed by atoms with Gasteiger partial charge in [-0.25, -0.2) is 0 Å². The molecule has 0 saturated heterocycles. The maximum absolute atomic E-state index is 10.3. The maximum Gasteiger partial charge on any atom is 0.118 e. The van der Waals surface area contributed by atoms with Gasteiger partial charge in [0.2, 0.25) is 0 Å². The third kappa shape index (κ3) is 13.8. The van der Waals surface area contributed by atoms with Gasteiger partial charge < -0.3 is 4.74 Å². The first kappa shape index (κ1) is 20.9. The fourth-order valence-electron chi connectivity index (χ4n) is 1.07. The van der Waals surface area contributed by atoms with Gasteiger partial charge in [0.1, 0.15) is 5.75 Å². The number of alkyl halides is 2. The standard InChI is InChI=1S/C7H5N.C7H8O.C2H5F.CH3F/c8-6-7-4-2-1-3-5-7;1-8-7-5-3-2-4-6-7;1-2-3;1-2/h1-5H;2-6H,1H3;2H2,1H3;1H3. The third-order valence-electron chi connectivity index (χ3n) is 1.88. The molecule has 0 radical (unpaired) electrons. The summed E-state index contributed by atoms with van der Waals surface area (Å²) in [5.74, 6) is 0.910. The smallest absolute Gasteiger partial charge is 0.118 e. The van der Waals surface area contributed by atoms with Gasteiger partial charge in [-0.3, -0.25) is 8.78 Å². The minimum absolute atomic E-state index is 0.250. The molecule has 0 heterocycles. The van der Waals surface area contributed by atoms with Gasteiger partial charge in [-0.1, -0.05) is 36.4 Å². The van der Waals surface area contributed by atoms with E-state index in [1.54, 1.807) is 19.2 Å². The number of methoxy groups -OCH3 is 1. The molecule has 0 fully saturated rings. The zero-order chi connectivity index (χ0) is 16.3.